The van der Waals surface area contributed by atoms with Crippen molar-refractivity contribution in [2.24, 2.45) is 11.3 Å². The van der Waals surface area contributed by atoms with E-state index in [-0.39, 0.29) is 0 Å². The Morgan fingerprint density at radius 3 is 1.76 bits per heavy atom. The fourth-order valence-electron chi connectivity index (χ4n) is 2.51. The van der Waals surface area contributed by atoms with E-state index in [0.717, 1.165) is 19.3 Å². The molecule has 0 aliphatic carbocycles. The summed E-state index contributed by atoms with van der Waals surface area (Å²) >= 11 is 0. The molecule has 0 spiro atoms. The van der Waals surface area contributed by atoms with Crippen LogP contribution in [0.5, 0.6) is 0 Å². The number of unbranched alkanes of at least 4 members (excludes halogenated alkanes) is 2. The molecule has 4 nitrogen and oxygen atoms in total. The highest BCUT2D eigenvalue weighted by Gasteiger charge is 2.44. The first-order valence-electron chi connectivity index (χ1n) is 6.40. The molecule has 2 N–H and O–H groups in total. The van der Waals surface area contributed by atoms with Crippen LogP contribution in [0, 0.1) is 11.3 Å². The largest absolute Gasteiger partial charge is 0.481 e. The van der Waals surface area contributed by atoms with E-state index in [1.165, 1.54) is 0 Å². The zero-order valence-electron chi connectivity index (χ0n) is 11.0. The molecule has 0 amide bonds. The average molecular weight is 244 g/mol. The van der Waals surface area contributed by atoms with Gasteiger partial charge in [-0.1, -0.05) is 40.0 Å². The van der Waals surface area contributed by atoms with Gasteiger partial charge < -0.3 is 10.2 Å². The first-order chi connectivity index (χ1) is 7.95. The summed E-state index contributed by atoms with van der Waals surface area (Å²) in [6, 6.07) is 0. The number of rotatable bonds is 9. The number of hydrogen-bond acceptors (Lipinski definition) is 2. The van der Waals surface area contributed by atoms with Gasteiger partial charge in [0.1, 0.15) is 0 Å². The van der Waals surface area contributed by atoms with Crippen molar-refractivity contribution in [3.8, 4) is 0 Å². The molecule has 4 heteroatoms. The van der Waals surface area contributed by atoms with Crippen LogP contribution in [-0.4, -0.2) is 22.2 Å². The highest BCUT2D eigenvalue weighted by molar-refractivity contribution is 5.93. The maximum atomic E-state index is 11.2. The molecule has 100 valence electrons. The second-order valence-corrected chi connectivity index (χ2v) is 4.64. The van der Waals surface area contributed by atoms with Gasteiger partial charge in [-0.15, -0.1) is 0 Å². The summed E-state index contributed by atoms with van der Waals surface area (Å²) in [6.45, 7) is 5.84. The van der Waals surface area contributed by atoms with Gasteiger partial charge in [0, 0.05) is 0 Å². The van der Waals surface area contributed by atoms with Gasteiger partial charge in [-0.05, 0) is 24.7 Å². The molecular formula is C13H24O4. The van der Waals surface area contributed by atoms with Crippen molar-refractivity contribution in [2.45, 2.75) is 59.3 Å². The average Bonchev–Trinajstić information content (AvgIpc) is 2.26. The maximum Gasteiger partial charge on any atom is 0.318 e. The SMILES string of the molecule is CCCCCC(CC)(CC)C(C(=O)O)C(=O)O. The van der Waals surface area contributed by atoms with E-state index < -0.39 is 23.3 Å². The summed E-state index contributed by atoms with van der Waals surface area (Å²) in [4.78, 5) is 22.3. The molecule has 0 aliphatic heterocycles. The summed E-state index contributed by atoms with van der Waals surface area (Å²) in [5.74, 6) is -3.70. The third kappa shape index (κ3) is 4.02. The molecule has 0 aromatic rings. The van der Waals surface area contributed by atoms with E-state index in [4.69, 9.17) is 10.2 Å². The van der Waals surface area contributed by atoms with Crippen molar-refractivity contribution in [3.63, 3.8) is 0 Å². The van der Waals surface area contributed by atoms with Gasteiger partial charge in [-0.3, -0.25) is 9.59 Å². The van der Waals surface area contributed by atoms with Crippen molar-refractivity contribution < 1.29 is 19.8 Å². The fraction of sp³-hybridized carbons (Fsp3) is 0.846. The molecule has 0 saturated carbocycles. The van der Waals surface area contributed by atoms with Crippen LogP contribution in [0.3, 0.4) is 0 Å². The molecule has 0 unspecified atom stereocenters. The van der Waals surface area contributed by atoms with Gasteiger partial charge in [0.15, 0.2) is 5.92 Å². The predicted octanol–water partition coefficient (Wildman–Crippen LogP) is 3.16. The lowest BCUT2D eigenvalue weighted by molar-refractivity contribution is -0.162. The Balaban J connectivity index is 4.99. The van der Waals surface area contributed by atoms with Crippen molar-refractivity contribution in [1.82, 2.24) is 0 Å². The number of hydrogen-bond donors (Lipinski definition) is 2. The molecule has 0 rings (SSSR count). The standard InChI is InChI=1S/C13H24O4/c1-4-7-8-9-13(5-2,6-3)10(11(14)15)12(16)17/h10H,4-9H2,1-3H3,(H,14,15)(H,16,17). The zero-order chi connectivity index (χ0) is 13.5. The van der Waals surface area contributed by atoms with Crippen LogP contribution in [0.4, 0.5) is 0 Å². The van der Waals surface area contributed by atoms with E-state index in [2.05, 4.69) is 6.92 Å². The van der Waals surface area contributed by atoms with Crippen molar-refractivity contribution in [3.05, 3.63) is 0 Å². The van der Waals surface area contributed by atoms with Gasteiger partial charge >= 0.3 is 11.9 Å². The molecule has 0 heterocycles. The van der Waals surface area contributed by atoms with E-state index in [0.29, 0.717) is 19.3 Å². The quantitative estimate of drug-likeness (QED) is 0.482. The molecule has 0 saturated heterocycles. The van der Waals surface area contributed by atoms with Crippen molar-refractivity contribution in [2.75, 3.05) is 0 Å². The molecule has 0 aliphatic rings. The second-order valence-electron chi connectivity index (χ2n) is 4.64. The molecular weight excluding hydrogens is 220 g/mol. The Morgan fingerprint density at radius 1 is 1.00 bits per heavy atom. The Hall–Kier alpha value is -1.06. The first kappa shape index (κ1) is 15.9. The smallest absolute Gasteiger partial charge is 0.318 e. The van der Waals surface area contributed by atoms with Gasteiger partial charge in [-0.2, -0.15) is 0 Å². The second kappa shape index (κ2) is 7.30. The monoisotopic (exact) mass is 244 g/mol. The van der Waals surface area contributed by atoms with Gasteiger partial charge in [0.25, 0.3) is 0 Å². The predicted molar refractivity (Wildman–Crippen MR) is 65.9 cm³/mol. The number of carbonyl (C=O) groups is 2. The van der Waals surface area contributed by atoms with Gasteiger partial charge in [0.05, 0.1) is 0 Å². The van der Waals surface area contributed by atoms with E-state index >= 15 is 0 Å². The molecule has 0 fully saturated rings. The normalized spacial score (nSPS) is 11.8. The van der Waals surface area contributed by atoms with Crippen LogP contribution >= 0.6 is 0 Å². The van der Waals surface area contributed by atoms with Gasteiger partial charge in [0.2, 0.25) is 0 Å². The highest BCUT2D eigenvalue weighted by atomic mass is 16.4. The van der Waals surface area contributed by atoms with E-state index in [9.17, 15) is 9.59 Å². The highest BCUT2D eigenvalue weighted by Crippen LogP contribution is 2.41. The third-order valence-corrected chi connectivity index (χ3v) is 3.79. The topological polar surface area (TPSA) is 74.6 Å². The van der Waals surface area contributed by atoms with Gasteiger partial charge in [-0.25, -0.2) is 0 Å². The van der Waals surface area contributed by atoms with Crippen LogP contribution in [0.2, 0.25) is 0 Å². The van der Waals surface area contributed by atoms with Crippen molar-refractivity contribution >= 4 is 11.9 Å². The Kier molecular flexibility index (Phi) is 6.85. The lowest BCUT2D eigenvalue weighted by Gasteiger charge is -2.35. The Morgan fingerprint density at radius 2 is 1.47 bits per heavy atom. The fourth-order valence-corrected chi connectivity index (χ4v) is 2.51. The number of carboxylic acid groups (broad SMARTS) is 2. The molecule has 0 aromatic heterocycles. The van der Waals surface area contributed by atoms with Crippen LogP contribution in [0.1, 0.15) is 59.3 Å². The molecule has 0 atom stereocenters. The lowest BCUT2D eigenvalue weighted by Crippen LogP contribution is -2.40. The van der Waals surface area contributed by atoms with Crippen molar-refractivity contribution in [1.29, 1.82) is 0 Å². The number of carboxylic acids is 2. The van der Waals surface area contributed by atoms with Crippen LogP contribution < -0.4 is 0 Å². The summed E-state index contributed by atoms with van der Waals surface area (Å²) in [7, 11) is 0. The minimum atomic E-state index is -1.28. The Bertz CT molecular complexity index is 242. The third-order valence-electron chi connectivity index (χ3n) is 3.79. The Labute approximate surface area is 103 Å². The van der Waals surface area contributed by atoms with Crippen LogP contribution in [0.25, 0.3) is 0 Å². The number of aliphatic carboxylic acids is 2. The molecule has 0 aromatic carbocycles. The lowest BCUT2D eigenvalue weighted by atomic mass is 9.68. The zero-order valence-corrected chi connectivity index (χ0v) is 11.0. The molecule has 0 radical (unpaired) electrons. The maximum absolute atomic E-state index is 11.2. The molecule has 17 heavy (non-hydrogen) atoms. The minimum absolute atomic E-state index is 0.594. The summed E-state index contributed by atoms with van der Waals surface area (Å²) < 4.78 is 0. The van der Waals surface area contributed by atoms with E-state index in [1.807, 2.05) is 13.8 Å². The van der Waals surface area contributed by atoms with Crippen LogP contribution in [0.15, 0.2) is 0 Å². The summed E-state index contributed by atoms with van der Waals surface area (Å²) in [6.07, 6.45) is 4.83. The molecule has 0 bridgehead atoms. The summed E-state index contributed by atoms with van der Waals surface area (Å²) in [5, 5.41) is 18.2. The minimum Gasteiger partial charge on any atom is -0.481 e. The van der Waals surface area contributed by atoms with E-state index in [1.54, 1.807) is 0 Å². The first-order valence-corrected chi connectivity index (χ1v) is 6.40. The summed E-state index contributed by atoms with van der Waals surface area (Å²) in [5.41, 5.74) is -0.604. The van der Waals surface area contributed by atoms with Crippen LogP contribution in [-0.2, 0) is 9.59 Å².